The summed E-state index contributed by atoms with van der Waals surface area (Å²) in [6, 6.07) is 8.42. The van der Waals surface area contributed by atoms with E-state index in [1.165, 1.54) is 27.8 Å². The zero-order valence-corrected chi connectivity index (χ0v) is 10.6. The lowest BCUT2D eigenvalue weighted by molar-refractivity contribution is 1.10. The van der Waals surface area contributed by atoms with E-state index in [0.717, 1.165) is 6.42 Å². The largest absolute Gasteiger partial charge is 0.384 e. The third-order valence-corrected chi connectivity index (χ3v) is 3.07. The number of pyridine rings is 1. The van der Waals surface area contributed by atoms with Gasteiger partial charge < -0.3 is 5.73 Å². The molecule has 0 aliphatic heterocycles. The Hall–Kier alpha value is -1.83. The molecular weight excluding hydrogens is 208 g/mol. The number of aryl methyl sites for hydroxylation is 3. The number of nitrogens with zero attached hydrogens (tertiary/aromatic N) is 1. The highest BCUT2D eigenvalue weighted by Gasteiger charge is 2.05. The van der Waals surface area contributed by atoms with Crippen LogP contribution in [0.4, 0.5) is 5.82 Å². The van der Waals surface area contributed by atoms with E-state index in [0.29, 0.717) is 5.82 Å². The number of benzene rings is 1. The van der Waals surface area contributed by atoms with Crippen LogP contribution in [-0.4, -0.2) is 4.98 Å². The van der Waals surface area contributed by atoms with Crippen LogP contribution in [0.2, 0.25) is 0 Å². The zero-order valence-electron chi connectivity index (χ0n) is 10.6. The van der Waals surface area contributed by atoms with Crippen LogP contribution in [0.15, 0.2) is 30.5 Å². The fourth-order valence-electron chi connectivity index (χ4n) is 2.30. The van der Waals surface area contributed by atoms with Crippen molar-refractivity contribution in [1.82, 2.24) is 4.98 Å². The lowest BCUT2D eigenvalue weighted by atomic mass is 9.94. The molecule has 2 nitrogen and oxygen atoms in total. The first-order chi connectivity index (χ1) is 8.06. The molecule has 0 saturated heterocycles. The minimum absolute atomic E-state index is 0.588. The molecule has 2 rings (SSSR count). The van der Waals surface area contributed by atoms with Gasteiger partial charge in [0.15, 0.2) is 0 Å². The van der Waals surface area contributed by atoms with Crippen molar-refractivity contribution >= 4 is 5.82 Å². The summed E-state index contributed by atoms with van der Waals surface area (Å²) in [6.45, 7) is 6.47. The summed E-state index contributed by atoms with van der Waals surface area (Å²) in [7, 11) is 0. The van der Waals surface area contributed by atoms with Gasteiger partial charge in [-0.3, -0.25) is 0 Å². The number of aromatic nitrogens is 1. The second-order valence-corrected chi connectivity index (χ2v) is 4.64. The van der Waals surface area contributed by atoms with E-state index in [9.17, 15) is 0 Å². The predicted molar refractivity (Wildman–Crippen MR) is 72.1 cm³/mol. The lowest BCUT2D eigenvalue weighted by Crippen LogP contribution is -1.98. The molecule has 88 valence electrons. The summed E-state index contributed by atoms with van der Waals surface area (Å²) >= 11 is 0. The SMILES string of the molecule is Cc1cc(C)c(Cc2ccnc(N)c2)c(C)c1. The van der Waals surface area contributed by atoms with E-state index < -0.39 is 0 Å². The Morgan fingerprint density at radius 3 is 2.29 bits per heavy atom. The molecule has 0 radical (unpaired) electrons. The molecular formula is C15H18N2. The van der Waals surface area contributed by atoms with E-state index in [4.69, 9.17) is 5.73 Å². The molecule has 2 N–H and O–H groups in total. The number of anilines is 1. The van der Waals surface area contributed by atoms with Crippen LogP contribution in [-0.2, 0) is 6.42 Å². The van der Waals surface area contributed by atoms with Crippen LogP contribution >= 0.6 is 0 Å². The molecule has 0 amide bonds. The topological polar surface area (TPSA) is 38.9 Å². The van der Waals surface area contributed by atoms with Crippen molar-refractivity contribution in [3.63, 3.8) is 0 Å². The van der Waals surface area contributed by atoms with E-state index in [1.807, 2.05) is 12.1 Å². The van der Waals surface area contributed by atoms with Crippen molar-refractivity contribution in [3.8, 4) is 0 Å². The van der Waals surface area contributed by atoms with E-state index in [1.54, 1.807) is 6.20 Å². The Labute approximate surface area is 103 Å². The third-order valence-electron chi connectivity index (χ3n) is 3.07. The van der Waals surface area contributed by atoms with Crippen molar-refractivity contribution in [2.75, 3.05) is 5.73 Å². The van der Waals surface area contributed by atoms with Crippen molar-refractivity contribution in [1.29, 1.82) is 0 Å². The number of hydrogen-bond acceptors (Lipinski definition) is 2. The Balaban J connectivity index is 2.36. The van der Waals surface area contributed by atoms with E-state index >= 15 is 0 Å². The van der Waals surface area contributed by atoms with Gasteiger partial charge in [-0.15, -0.1) is 0 Å². The maximum atomic E-state index is 5.70. The van der Waals surface area contributed by atoms with Crippen molar-refractivity contribution in [2.45, 2.75) is 27.2 Å². The Morgan fingerprint density at radius 1 is 1.06 bits per heavy atom. The zero-order chi connectivity index (χ0) is 12.4. The number of nitrogen functional groups attached to an aromatic ring is 1. The van der Waals surface area contributed by atoms with E-state index in [-0.39, 0.29) is 0 Å². The van der Waals surface area contributed by atoms with Gasteiger partial charge in [-0.1, -0.05) is 17.7 Å². The second-order valence-electron chi connectivity index (χ2n) is 4.64. The summed E-state index contributed by atoms with van der Waals surface area (Å²) in [4.78, 5) is 4.02. The van der Waals surface area contributed by atoms with Gasteiger partial charge in [-0.05, 0) is 61.6 Å². The highest BCUT2D eigenvalue weighted by Crippen LogP contribution is 2.20. The van der Waals surface area contributed by atoms with Crippen molar-refractivity contribution in [2.24, 2.45) is 0 Å². The fourth-order valence-corrected chi connectivity index (χ4v) is 2.30. The fraction of sp³-hybridized carbons (Fsp3) is 0.267. The Morgan fingerprint density at radius 2 is 1.71 bits per heavy atom. The van der Waals surface area contributed by atoms with Gasteiger partial charge in [0.2, 0.25) is 0 Å². The molecule has 0 atom stereocenters. The Bertz CT molecular complexity index is 521. The maximum absolute atomic E-state index is 5.70. The van der Waals surface area contributed by atoms with Crippen LogP contribution in [0.5, 0.6) is 0 Å². The van der Waals surface area contributed by atoms with Crippen LogP contribution in [0.1, 0.15) is 27.8 Å². The predicted octanol–water partition coefficient (Wildman–Crippen LogP) is 3.18. The summed E-state index contributed by atoms with van der Waals surface area (Å²) in [6.07, 6.45) is 2.69. The average Bonchev–Trinajstić information content (AvgIpc) is 2.23. The first-order valence-corrected chi connectivity index (χ1v) is 5.83. The molecule has 2 heteroatoms. The number of hydrogen-bond donors (Lipinski definition) is 1. The lowest BCUT2D eigenvalue weighted by Gasteiger charge is -2.11. The van der Waals surface area contributed by atoms with Gasteiger partial charge in [0.1, 0.15) is 5.82 Å². The average molecular weight is 226 g/mol. The molecule has 1 aromatic heterocycles. The van der Waals surface area contributed by atoms with Crippen LogP contribution < -0.4 is 5.73 Å². The molecule has 17 heavy (non-hydrogen) atoms. The van der Waals surface area contributed by atoms with Crippen LogP contribution in [0.25, 0.3) is 0 Å². The molecule has 0 spiro atoms. The molecule has 1 heterocycles. The molecule has 0 aliphatic rings. The molecule has 0 aliphatic carbocycles. The van der Waals surface area contributed by atoms with Crippen LogP contribution in [0.3, 0.4) is 0 Å². The standard InChI is InChI=1S/C15H18N2/c1-10-6-11(2)14(12(3)7-10)8-13-4-5-17-15(16)9-13/h4-7,9H,8H2,1-3H3,(H2,16,17). The monoisotopic (exact) mass is 226 g/mol. The van der Waals surface area contributed by atoms with Gasteiger partial charge in [0.25, 0.3) is 0 Å². The first kappa shape index (κ1) is 11.6. The maximum Gasteiger partial charge on any atom is 0.123 e. The normalized spacial score (nSPS) is 10.5. The molecule has 0 unspecified atom stereocenters. The highest BCUT2D eigenvalue weighted by atomic mass is 14.8. The Kier molecular flexibility index (Phi) is 3.14. The molecule has 0 fully saturated rings. The molecule has 1 aromatic carbocycles. The third kappa shape index (κ3) is 2.64. The summed E-state index contributed by atoms with van der Waals surface area (Å²) in [5, 5.41) is 0. The minimum atomic E-state index is 0.588. The molecule has 0 bridgehead atoms. The molecule has 0 saturated carbocycles. The van der Waals surface area contributed by atoms with Gasteiger partial charge >= 0.3 is 0 Å². The number of rotatable bonds is 2. The second kappa shape index (κ2) is 4.58. The van der Waals surface area contributed by atoms with Crippen molar-refractivity contribution in [3.05, 3.63) is 58.3 Å². The summed E-state index contributed by atoms with van der Waals surface area (Å²) < 4.78 is 0. The smallest absolute Gasteiger partial charge is 0.123 e. The van der Waals surface area contributed by atoms with Crippen LogP contribution in [0, 0.1) is 20.8 Å². The van der Waals surface area contributed by atoms with Gasteiger partial charge in [-0.25, -0.2) is 4.98 Å². The highest BCUT2D eigenvalue weighted by molar-refractivity contribution is 5.42. The molecule has 2 aromatic rings. The van der Waals surface area contributed by atoms with Gasteiger partial charge in [-0.2, -0.15) is 0 Å². The van der Waals surface area contributed by atoms with E-state index in [2.05, 4.69) is 37.9 Å². The quantitative estimate of drug-likeness (QED) is 0.854. The number of nitrogens with two attached hydrogens (primary N) is 1. The van der Waals surface area contributed by atoms with Gasteiger partial charge in [0.05, 0.1) is 0 Å². The van der Waals surface area contributed by atoms with Crippen molar-refractivity contribution < 1.29 is 0 Å². The first-order valence-electron chi connectivity index (χ1n) is 5.83. The minimum Gasteiger partial charge on any atom is -0.384 e. The summed E-state index contributed by atoms with van der Waals surface area (Å²) in [5.41, 5.74) is 12.3. The summed E-state index contributed by atoms with van der Waals surface area (Å²) in [5.74, 6) is 0.588. The van der Waals surface area contributed by atoms with Gasteiger partial charge in [0, 0.05) is 6.20 Å².